The van der Waals surface area contributed by atoms with E-state index < -0.39 is 7.32 Å². The van der Waals surface area contributed by atoms with Crippen LogP contribution in [0.1, 0.15) is 5.56 Å². The molecule has 3 nitrogen and oxygen atoms in total. The molecule has 0 aliphatic carbocycles. The average molecular weight is 190 g/mol. The summed E-state index contributed by atoms with van der Waals surface area (Å²) in [5.74, 6) is 0. The Hall–Kier alpha value is -0.0951. The second kappa shape index (κ2) is 9.99. The third-order valence-electron chi connectivity index (χ3n) is 1.04. The van der Waals surface area contributed by atoms with Crippen molar-refractivity contribution < 1.29 is 15.1 Å². The molecule has 3 N–H and O–H groups in total. The first kappa shape index (κ1) is 15.4. The monoisotopic (exact) mass is 190 g/mol. The molecule has 0 spiro atoms. The van der Waals surface area contributed by atoms with Gasteiger partial charge in [-0.1, -0.05) is 43.0 Å². The van der Waals surface area contributed by atoms with E-state index in [1.807, 2.05) is 36.4 Å². The van der Waals surface area contributed by atoms with E-state index in [2.05, 4.69) is 6.58 Å². The molecular weight excluding hydrogens is 178 g/mol. The van der Waals surface area contributed by atoms with Crippen LogP contribution < -0.4 is 0 Å². The van der Waals surface area contributed by atoms with Crippen molar-refractivity contribution in [3.63, 3.8) is 0 Å². The van der Waals surface area contributed by atoms with Gasteiger partial charge in [-0.05, 0) is 5.56 Å². The quantitative estimate of drug-likeness (QED) is 0.529. The van der Waals surface area contributed by atoms with Crippen molar-refractivity contribution in [1.29, 1.82) is 0 Å². The standard InChI is InChI=1S/C8H8.BH3O3.Na.H/c1-2-8-6-4-3-5-7-8;2-1(3)4;;/h2-7H,1H2;2-4H;;. The molecule has 0 aliphatic rings. The van der Waals surface area contributed by atoms with Crippen LogP contribution >= 0.6 is 0 Å². The van der Waals surface area contributed by atoms with E-state index in [0.29, 0.717) is 0 Å². The second-order valence-corrected chi connectivity index (χ2v) is 1.96. The van der Waals surface area contributed by atoms with Crippen molar-refractivity contribution in [2.75, 3.05) is 0 Å². The molecule has 0 radical (unpaired) electrons. The van der Waals surface area contributed by atoms with Crippen LogP contribution in [0, 0.1) is 0 Å². The van der Waals surface area contributed by atoms with Gasteiger partial charge in [0.25, 0.3) is 0 Å². The maximum absolute atomic E-state index is 7.17. The van der Waals surface area contributed by atoms with Crippen LogP contribution in [0.5, 0.6) is 0 Å². The van der Waals surface area contributed by atoms with Gasteiger partial charge in [-0.2, -0.15) is 0 Å². The van der Waals surface area contributed by atoms with Crippen LogP contribution in [-0.4, -0.2) is 52.0 Å². The Bertz CT molecular complexity index is 213. The van der Waals surface area contributed by atoms with Crippen molar-refractivity contribution in [2.45, 2.75) is 0 Å². The minimum atomic E-state index is -2.17. The Balaban J connectivity index is 0. The number of hydrogen-bond donors (Lipinski definition) is 3. The number of rotatable bonds is 1. The SMILES string of the molecule is C=Cc1ccccc1.OB(O)O.[NaH]. The molecule has 66 valence electrons. The summed E-state index contributed by atoms with van der Waals surface area (Å²) in [5.41, 5.74) is 1.17. The van der Waals surface area contributed by atoms with Gasteiger partial charge >= 0.3 is 36.9 Å². The van der Waals surface area contributed by atoms with Crippen LogP contribution in [0.4, 0.5) is 0 Å². The summed E-state index contributed by atoms with van der Waals surface area (Å²) >= 11 is 0. The van der Waals surface area contributed by atoms with Crippen LogP contribution in [0.3, 0.4) is 0 Å². The predicted molar refractivity (Wildman–Crippen MR) is 56.1 cm³/mol. The Labute approximate surface area is 100 Å². The summed E-state index contributed by atoms with van der Waals surface area (Å²) in [6, 6.07) is 10.0. The topological polar surface area (TPSA) is 60.7 Å². The van der Waals surface area contributed by atoms with E-state index in [9.17, 15) is 0 Å². The predicted octanol–water partition coefficient (Wildman–Crippen LogP) is -0.371. The Morgan fingerprint density at radius 1 is 1.08 bits per heavy atom. The molecule has 0 saturated carbocycles. The molecule has 1 aromatic carbocycles. The van der Waals surface area contributed by atoms with Crippen molar-refractivity contribution in [3.05, 3.63) is 42.5 Å². The summed E-state index contributed by atoms with van der Waals surface area (Å²) in [6.45, 7) is 3.63. The van der Waals surface area contributed by atoms with Crippen molar-refractivity contribution in [2.24, 2.45) is 0 Å². The van der Waals surface area contributed by atoms with Gasteiger partial charge in [0.15, 0.2) is 0 Å². The molecule has 1 aromatic rings. The zero-order chi connectivity index (χ0) is 9.40. The molecule has 5 heteroatoms. The molecule has 0 aromatic heterocycles. The van der Waals surface area contributed by atoms with E-state index >= 15 is 0 Å². The summed E-state index contributed by atoms with van der Waals surface area (Å²) in [7, 11) is -2.17. The molecule has 0 aliphatic heterocycles. The molecule has 13 heavy (non-hydrogen) atoms. The maximum atomic E-state index is 7.17. The van der Waals surface area contributed by atoms with Crippen LogP contribution in [-0.2, 0) is 0 Å². The van der Waals surface area contributed by atoms with Gasteiger partial charge in [-0.25, -0.2) is 0 Å². The molecule has 0 heterocycles. The van der Waals surface area contributed by atoms with Crippen LogP contribution in [0.15, 0.2) is 36.9 Å². The van der Waals surface area contributed by atoms with E-state index in [-0.39, 0.29) is 29.6 Å². The molecule has 0 unspecified atom stereocenters. The van der Waals surface area contributed by atoms with Crippen LogP contribution in [0.2, 0.25) is 0 Å². The Morgan fingerprint density at radius 3 is 1.69 bits per heavy atom. The first-order valence-electron chi connectivity index (χ1n) is 3.38. The van der Waals surface area contributed by atoms with Gasteiger partial charge in [0.05, 0.1) is 0 Å². The fraction of sp³-hybridized carbons (Fsp3) is 0. The van der Waals surface area contributed by atoms with Crippen molar-refractivity contribution >= 4 is 43.0 Å². The third-order valence-corrected chi connectivity index (χ3v) is 1.04. The first-order chi connectivity index (χ1) is 5.66. The summed E-state index contributed by atoms with van der Waals surface area (Å²) in [6.07, 6.45) is 1.83. The van der Waals surface area contributed by atoms with Gasteiger partial charge < -0.3 is 15.1 Å². The molecule has 0 atom stereocenters. The van der Waals surface area contributed by atoms with E-state index in [0.717, 1.165) is 0 Å². The van der Waals surface area contributed by atoms with Gasteiger partial charge in [-0.3, -0.25) is 0 Å². The van der Waals surface area contributed by atoms with E-state index in [1.165, 1.54) is 5.56 Å². The Morgan fingerprint density at radius 2 is 1.46 bits per heavy atom. The molecular formula is C8H12BNaO3. The summed E-state index contributed by atoms with van der Waals surface area (Å²) < 4.78 is 0. The van der Waals surface area contributed by atoms with Gasteiger partial charge in [0.1, 0.15) is 0 Å². The molecule has 0 amide bonds. The minimum absolute atomic E-state index is 0. The van der Waals surface area contributed by atoms with E-state index in [4.69, 9.17) is 15.1 Å². The first-order valence-corrected chi connectivity index (χ1v) is 3.38. The molecule has 0 fully saturated rings. The van der Waals surface area contributed by atoms with Gasteiger partial charge in [-0.15, -0.1) is 0 Å². The summed E-state index contributed by atoms with van der Waals surface area (Å²) in [4.78, 5) is 0. The number of hydrogen-bond acceptors (Lipinski definition) is 3. The fourth-order valence-electron chi connectivity index (χ4n) is 0.589. The Kier molecular flexibility index (Phi) is 11.8. The molecule has 0 bridgehead atoms. The average Bonchev–Trinajstić information content (AvgIpc) is 2.05. The van der Waals surface area contributed by atoms with Gasteiger partial charge in [0.2, 0.25) is 0 Å². The number of benzene rings is 1. The second-order valence-electron chi connectivity index (χ2n) is 1.96. The van der Waals surface area contributed by atoms with Gasteiger partial charge in [0, 0.05) is 0 Å². The fourth-order valence-corrected chi connectivity index (χ4v) is 0.589. The molecule has 0 saturated heterocycles. The van der Waals surface area contributed by atoms with Crippen molar-refractivity contribution in [3.8, 4) is 0 Å². The zero-order valence-electron chi connectivity index (χ0n) is 6.59. The van der Waals surface area contributed by atoms with E-state index in [1.54, 1.807) is 0 Å². The third kappa shape index (κ3) is 11.9. The summed E-state index contributed by atoms with van der Waals surface area (Å²) in [5, 5.41) is 21.5. The van der Waals surface area contributed by atoms with Crippen LogP contribution in [0.25, 0.3) is 6.08 Å². The molecule has 1 rings (SSSR count). The normalized spacial score (nSPS) is 7.31. The van der Waals surface area contributed by atoms with Crippen molar-refractivity contribution in [1.82, 2.24) is 0 Å². The zero-order valence-corrected chi connectivity index (χ0v) is 6.59.